The van der Waals surface area contributed by atoms with Gasteiger partial charge in [0.15, 0.2) is 0 Å². The molecular weight excluding hydrogens is 246 g/mol. The molecule has 1 atom stereocenters. The number of hydrogen-bond acceptors (Lipinski definition) is 3. The summed E-state index contributed by atoms with van der Waals surface area (Å²) in [5.41, 5.74) is 8.19. The highest BCUT2D eigenvalue weighted by molar-refractivity contribution is 5.98. The van der Waals surface area contributed by atoms with E-state index in [4.69, 9.17) is 5.73 Å². The van der Waals surface area contributed by atoms with Crippen LogP contribution in [0.1, 0.15) is 46.0 Å². The van der Waals surface area contributed by atoms with Gasteiger partial charge in [0.25, 0.3) is 0 Å². The zero-order valence-electron chi connectivity index (χ0n) is 12.5. The first-order valence-electron chi connectivity index (χ1n) is 7.65. The summed E-state index contributed by atoms with van der Waals surface area (Å²) in [7, 11) is 0. The van der Waals surface area contributed by atoms with Crippen LogP contribution in [0.4, 0.5) is 11.4 Å². The maximum Gasteiger partial charge on any atom is 0.0630 e. The lowest BCUT2D eigenvalue weighted by atomic mass is 10.0. The Labute approximate surface area is 121 Å². The van der Waals surface area contributed by atoms with Gasteiger partial charge in [-0.15, -0.1) is 0 Å². The van der Waals surface area contributed by atoms with Crippen molar-refractivity contribution < 1.29 is 0 Å². The van der Waals surface area contributed by atoms with Crippen molar-refractivity contribution in [2.75, 3.05) is 11.1 Å². The fraction of sp³-hybridized carbons (Fsp3) is 0.471. The number of nitrogens with two attached hydrogens (primary N) is 1. The molecular formula is C17H25N3. The monoisotopic (exact) mass is 271 g/mol. The second-order valence-electron chi connectivity index (χ2n) is 5.40. The van der Waals surface area contributed by atoms with Gasteiger partial charge in [-0.2, -0.15) is 0 Å². The molecule has 1 unspecified atom stereocenters. The highest BCUT2D eigenvalue weighted by atomic mass is 14.9. The number of rotatable bonds is 7. The molecule has 0 radical (unpaired) electrons. The van der Waals surface area contributed by atoms with Gasteiger partial charge in [0.1, 0.15) is 0 Å². The molecule has 0 aliphatic carbocycles. The van der Waals surface area contributed by atoms with Gasteiger partial charge in [-0.3, -0.25) is 4.98 Å². The minimum absolute atomic E-state index is 0.515. The summed E-state index contributed by atoms with van der Waals surface area (Å²) in [5, 5.41) is 5.80. The third-order valence-corrected chi connectivity index (χ3v) is 3.76. The summed E-state index contributed by atoms with van der Waals surface area (Å²) < 4.78 is 0. The SMILES string of the molecule is CCCCC(CCC)Nc1ccc2cnccc2c1N. The van der Waals surface area contributed by atoms with Gasteiger partial charge >= 0.3 is 0 Å². The van der Waals surface area contributed by atoms with E-state index >= 15 is 0 Å². The Morgan fingerprint density at radius 2 is 2.00 bits per heavy atom. The molecule has 0 spiro atoms. The molecule has 0 amide bonds. The van der Waals surface area contributed by atoms with Crippen LogP contribution in [0.5, 0.6) is 0 Å². The van der Waals surface area contributed by atoms with Crippen LogP contribution in [0.25, 0.3) is 10.8 Å². The Morgan fingerprint density at radius 1 is 1.15 bits per heavy atom. The molecule has 20 heavy (non-hydrogen) atoms. The average Bonchev–Trinajstić information content (AvgIpc) is 2.48. The average molecular weight is 271 g/mol. The van der Waals surface area contributed by atoms with Gasteiger partial charge in [0, 0.05) is 29.2 Å². The van der Waals surface area contributed by atoms with Gasteiger partial charge in [0.05, 0.1) is 11.4 Å². The van der Waals surface area contributed by atoms with Crippen LogP contribution in [-0.2, 0) is 0 Å². The van der Waals surface area contributed by atoms with E-state index in [0.29, 0.717) is 6.04 Å². The highest BCUT2D eigenvalue weighted by Gasteiger charge is 2.10. The van der Waals surface area contributed by atoms with Crippen LogP contribution < -0.4 is 11.1 Å². The minimum atomic E-state index is 0.515. The predicted octanol–water partition coefficient (Wildman–Crippen LogP) is 4.59. The smallest absolute Gasteiger partial charge is 0.0630 e. The molecule has 0 fully saturated rings. The first kappa shape index (κ1) is 14.6. The highest BCUT2D eigenvalue weighted by Crippen LogP contribution is 2.29. The fourth-order valence-electron chi connectivity index (χ4n) is 2.63. The topological polar surface area (TPSA) is 50.9 Å². The number of unbranched alkanes of at least 4 members (excludes halogenated alkanes) is 1. The Hall–Kier alpha value is -1.77. The van der Waals surface area contributed by atoms with E-state index in [9.17, 15) is 0 Å². The maximum absolute atomic E-state index is 6.30. The van der Waals surface area contributed by atoms with E-state index in [1.54, 1.807) is 6.20 Å². The Morgan fingerprint density at radius 3 is 2.75 bits per heavy atom. The number of aromatic nitrogens is 1. The number of hydrogen-bond donors (Lipinski definition) is 2. The molecule has 2 aromatic rings. The largest absolute Gasteiger partial charge is 0.397 e. The van der Waals surface area contributed by atoms with E-state index in [1.807, 2.05) is 12.3 Å². The molecule has 2 rings (SSSR count). The van der Waals surface area contributed by atoms with Crippen LogP contribution in [0.2, 0.25) is 0 Å². The summed E-state index contributed by atoms with van der Waals surface area (Å²) in [4.78, 5) is 4.14. The van der Waals surface area contributed by atoms with E-state index in [-0.39, 0.29) is 0 Å². The summed E-state index contributed by atoms with van der Waals surface area (Å²) >= 11 is 0. The molecule has 1 heterocycles. The number of nitrogens with zero attached hydrogens (tertiary/aromatic N) is 1. The first-order valence-corrected chi connectivity index (χ1v) is 7.65. The normalized spacial score (nSPS) is 12.5. The third-order valence-electron chi connectivity index (χ3n) is 3.76. The third kappa shape index (κ3) is 3.41. The summed E-state index contributed by atoms with van der Waals surface area (Å²) in [6, 6.07) is 6.66. The first-order chi connectivity index (χ1) is 9.76. The second-order valence-corrected chi connectivity index (χ2v) is 5.40. The Bertz CT molecular complexity index is 551. The van der Waals surface area contributed by atoms with Crippen LogP contribution in [0.15, 0.2) is 30.6 Å². The zero-order valence-corrected chi connectivity index (χ0v) is 12.5. The molecule has 0 saturated heterocycles. The zero-order chi connectivity index (χ0) is 14.4. The van der Waals surface area contributed by atoms with Crippen molar-refractivity contribution in [3.63, 3.8) is 0 Å². The standard InChI is InChI=1S/C17H25N3/c1-3-5-7-14(6-4-2)20-16-9-8-13-12-19-11-10-15(13)17(16)18/h8-12,14,20H,3-7,18H2,1-2H3. The predicted molar refractivity (Wildman–Crippen MR) is 88.0 cm³/mol. The number of anilines is 2. The molecule has 0 saturated carbocycles. The second kappa shape index (κ2) is 7.13. The van der Waals surface area contributed by atoms with Crippen molar-refractivity contribution in [3.05, 3.63) is 30.6 Å². The van der Waals surface area contributed by atoms with E-state index in [0.717, 1.165) is 22.1 Å². The Balaban J connectivity index is 2.20. The number of nitrogen functional groups attached to an aromatic ring is 1. The van der Waals surface area contributed by atoms with Gasteiger partial charge in [-0.1, -0.05) is 39.2 Å². The van der Waals surface area contributed by atoms with E-state index < -0.39 is 0 Å². The van der Waals surface area contributed by atoms with Crippen molar-refractivity contribution in [1.29, 1.82) is 0 Å². The van der Waals surface area contributed by atoms with Crippen molar-refractivity contribution in [3.8, 4) is 0 Å². The van der Waals surface area contributed by atoms with Crippen LogP contribution in [0.3, 0.4) is 0 Å². The summed E-state index contributed by atoms with van der Waals surface area (Å²) in [5.74, 6) is 0. The summed E-state index contributed by atoms with van der Waals surface area (Å²) in [6.07, 6.45) is 9.74. The van der Waals surface area contributed by atoms with Crippen LogP contribution in [0, 0.1) is 0 Å². The van der Waals surface area contributed by atoms with Crippen LogP contribution in [-0.4, -0.2) is 11.0 Å². The van der Waals surface area contributed by atoms with Gasteiger partial charge < -0.3 is 11.1 Å². The van der Waals surface area contributed by atoms with Gasteiger partial charge in [-0.05, 0) is 25.0 Å². The molecule has 3 nitrogen and oxygen atoms in total. The van der Waals surface area contributed by atoms with E-state index in [1.165, 1.54) is 32.1 Å². The molecule has 3 N–H and O–H groups in total. The molecule has 108 valence electrons. The number of fused-ring (bicyclic) bond motifs is 1. The van der Waals surface area contributed by atoms with E-state index in [2.05, 4.69) is 36.3 Å². The van der Waals surface area contributed by atoms with Crippen molar-refractivity contribution >= 4 is 22.1 Å². The number of pyridine rings is 1. The fourth-order valence-corrected chi connectivity index (χ4v) is 2.63. The van der Waals surface area contributed by atoms with Crippen molar-refractivity contribution in [2.45, 2.75) is 52.0 Å². The van der Waals surface area contributed by atoms with Crippen LogP contribution >= 0.6 is 0 Å². The number of benzene rings is 1. The Kier molecular flexibility index (Phi) is 5.22. The van der Waals surface area contributed by atoms with Gasteiger partial charge in [-0.25, -0.2) is 0 Å². The lowest BCUT2D eigenvalue weighted by Crippen LogP contribution is -2.20. The molecule has 0 aliphatic heterocycles. The van der Waals surface area contributed by atoms with Crippen molar-refractivity contribution in [2.24, 2.45) is 0 Å². The molecule has 1 aromatic carbocycles. The molecule has 0 bridgehead atoms. The van der Waals surface area contributed by atoms with Crippen molar-refractivity contribution in [1.82, 2.24) is 4.98 Å². The molecule has 0 aliphatic rings. The lowest BCUT2D eigenvalue weighted by Gasteiger charge is -2.21. The maximum atomic E-state index is 6.30. The molecule has 1 aromatic heterocycles. The molecule has 3 heteroatoms. The number of nitrogens with one attached hydrogen (secondary N) is 1. The quantitative estimate of drug-likeness (QED) is 0.724. The van der Waals surface area contributed by atoms with Gasteiger partial charge in [0.2, 0.25) is 0 Å². The lowest BCUT2D eigenvalue weighted by molar-refractivity contribution is 0.565. The summed E-state index contributed by atoms with van der Waals surface area (Å²) in [6.45, 7) is 4.47. The minimum Gasteiger partial charge on any atom is -0.397 e.